The molecule has 0 aromatic rings. The molecule has 1 aliphatic rings. The highest BCUT2D eigenvalue weighted by Crippen LogP contribution is 2.14. The summed E-state index contributed by atoms with van der Waals surface area (Å²) < 4.78 is 0. The van der Waals surface area contributed by atoms with E-state index in [9.17, 15) is 9.59 Å². The molecule has 0 aromatic carbocycles. The lowest BCUT2D eigenvalue weighted by Crippen LogP contribution is -2.58. The smallest absolute Gasteiger partial charge is 0.323 e. The zero-order valence-corrected chi connectivity index (χ0v) is 13.0. The van der Waals surface area contributed by atoms with Gasteiger partial charge in [-0.15, -0.1) is 0 Å². The van der Waals surface area contributed by atoms with Gasteiger partial charge >= 0.3 is 12.0 Å². The molecule has 0 radical (unpaired) electrons. The summed E-state index contributed by atoms with van der Waals surface area (Å²) in [5, 5.41) is 8.99. The van der Waals surface area contributed by atoms with Crippen molar-refractivity contribution in [2.24, 2.45) is 0 Å². The molecule has 0 saturated carbocycles. The molecule has 0 aromatic heterocycles. The number of nitrogens with zero attached hydrogens (tertiary/aromatic N) is 3. The van der Waals surface area contributed by atoms with Crippen molar-refractivity contribution in [1.29, 1.82) is 0 Å². The molecule has 0 aliphatic carbocycles. The topological polar surface area (TPSA) is 64.1 Å². The van der Waals surface area contributed by atoms with Crippen LogP contribution < -0.4 is 0 Å². The van der Waals surface area contributed by atoms with E-state index in [1.54, 1.807) is 4.90 Å². The summed E-state index contributed by atoms with van der Waals surface area (Å²) in [5.41, 5.74) is 0. The molecule has 2 atom stereocenters. The van der Waals surface area contributed by atoms with Crippen molar-refractivity contribution in [2.45, 2.75) is 46.2 Å². The standard InChI is InChI=1S/C14H27N3O3/c1-5-11(3)17(10-13(18)19)14(20)16-8-7-15(6-2)12(4)9-16/h11-12H,5-10H2,1-4H3,(H,18,19). The Bertz CT molecular complexity index is 349. The number of rotatable bonds is 5. The average Bonchev–Trinajstić information content (AvgIpc) is 2.42. The lowest BCUT2D eigenvalue weighted by Gasteiger charge is -2.42. The van der Waals surface area contributed by atoms with Gasteiger partial charge in [-0.05, 0) is 26.8 Å². The molecule has 2 unspecified atom stereocenters. The fraction of sp³-hybridized carbons (Fsp3) is 0.857. The molecule has 6 nitrogen and oxygen atoms in total. The van der Waals surface area contributed by atoms with Crippen molar-refractivity contribution in [3.8, 4) is 0 Å². The molecular formula is C14H27N3O3. The first-order valence-electron chi connectivity index (χ1n) is 7.42. The maximum absolute atomic E-state index is 12.5. The van der Waals surface area contributed by atoms with Gasteiger partial charge in [0.05, 0.1) is 0 Å². The fourth-order valence-electron chi connectivity index (χ4n) is 2.60. The Morgan fingerprint density at radius 1 is 1.35 bits per heavy atom. The predicted octanol–water partition coefficient (Wildman–Crippen LogP) is 1.32. The number of aliphatic carboxylic acids is 1. The second-order valence-electron chi connectivity index (χ2n) is 5.49. The minimum absolute atomic E-state index is 0.0573. The molecule has 0 spiro atoms. The fourth-order valence-corrected chi connectivity index (χ4v) is 2.60. The lowest BCUT2D eigenvalue weighted by atomic mass is 10.2. The van der Waals surface area contributed by atoms with Gasteiger partial charge in [-0.25, -0.2) is 4.79 Å². The number of hydrogen-bond acceptors (Lipinski definition) is 3. The van der Waals surface area contributed by atoms with E-state index in [0.717, 1.165) is 19.5 Å². The van der Waals surface area contributed by atoms with Crippen LogP contribution in [0, 0.1) is 0 Å². The SMILES string of the molecule is CCC(C)N(CC(=O)O)C(=O)N1CCN(CC)C(C)C1. The lowest BCUT2D eigenvalue weighted by molar-refractivity contribution is -0.138. The largest absolute Gasteiger partial charge is 0.480 e. The molecule has 1 N–H and O–H groups in total. The van der Waals surface area contributed by atoms with Crippen LogP contribution in [0.5, 0.6) is 0 Å². The van der Waals surface area contributed by atoms with E-state index in [2.05, 4.69) is 18.7 Å². The average molecular weight is 285 g/mol. The van der Waals surface area contributed by atoms with Crippen molar-refractivity contribution >= 4 is 12.0 Å². The molecule has 1 fully saturated rings. The van der Waals surface area contributed by atoms with Gasteiger partial charge in [0.1, 0.15) is 6.54 Å². The Balaban J connectivity index is 2.72. The zero-order chi connectivity index (χ0) is 15.3. The maximum Gasteiger partial charge on any atom is 0.323 e. The van der Waals surface area contributed by atoms with Crippen molar-refractivity contribution < 1.29 is 14.7 Å². The van der Waals surface area contributed by atoms with Crippen LogP contribution in [0.3, 0.4) is 0 Å². The summed E-state index contributed by atoms with van der Waals surface area (Å²) >= 11 is 0. The number of carboxylic acids is 1. The monoisotopic (exact) mass is 285 g/mol. The van der Waals surface area contributed by atoms with Crippen LogP contribution in [0.4, 0.5) is 4.79 Å². The second-order valence-corrected chi connectivity index (χ2v) is 5.49. The van der Waals surface area contributed by atoms with Gasteiger partial charge in [0, 0.05) is 31.7 Å². The number of piperazine rings is 1. The molecular weight excluding hydrogens is 258 g/mol. The Hall–Kier alpha value is -1.30. The van der Waals surface area contributed by atoms with Gasteiger partial charge in [0.15, 0.2) is 0 Å². The van der Waals surface area contributed by atoms with E-state index >= 15 is 0 Å². The molecule has 1 saturated heterocycles. The highest BCUT2D eigenvalue weighted by Gasteiger charge is 2.31. The van der Waals surface area contributed by atoms with Crippen molar-refractivity contribution in [2.75, 3.05) is 32.7 Å². The van der Waals surface area contributed by atoms with Crippen LogP contribution in [-0.4, -0.2) is 76.6 Å². The summed E-state index contributed by atoms with van der Waals surface area (Å²) in [6.45, 7) is 11.0. The minimum Gasteiger partial charge on any atom is -0.480 e. The molecule has 1 aliphatic heterocycles. The summed E-state index contributed by atoms with van der Waals surface area (Å²) in [7, 11) is 0. The first-order chi connectivity index (χ1) is 9.40. The third-order valence-corrected chi connectivity index (χ3v) is 4.12. The van der Waals surface area contributed by atoms with Gasteiger partial charge in [-0.2, -0.15) is 0 Å². The molecule has 1 heterocycles. The van der Waals surface area contributed by atoms with Crippen molar-refractivity contribution in [3.05, 3.63) is 0 Å². The molecule has 20 heavy (non-hydrogen) atoms. The molecule has 2 amide bonds. The molecule has 6 heteroatoms. The number of amides is 2. The van der Waals surface area contributed by atoms with Crippen molar-refractivity contribution in [1.82, 2.24) is 14.7 Å². The summed E-state index contributed by atoms with van der Waals surface area (Å²) in [5.74, 6) is -0.959. The Morgan fingerprint density at radius 3 is 2.45 bits per heavy atom. The van der Waals surface area contributed by atoms with E-state index in [-0.39, 0.29) is 18.6 Å². The summed E-state index contributed by atoms with van der Waals surface area (Å²) in [4.78, 5) is 29.1. The van der Waals surface area contributed by atoms with Crippen LogP contribution in [0.15, 0.2) is 0 Å². The van der Waals surface area contributed by atoms with Gasteiger partial charge in [0.25, 0.3) is 0 Å². The van der Waals surface area contributed by atoms with E-state index in [0.29, 0.717) is 19.1 Å². The van der Waals surface area contributed by atoms with Crippen LogP contribution in [0.1, 0.15) is 34.1 Å². The number of likely N-dealkylation sites (N-methyl/N-ethyl adjacent to an activating group) is 1. The Morgan fingerprint density at radius 2 is 2.00 bits per heavy atom. The number of carboxylic acid groups (broad SMARTS) is 1. The third kappa shape index (κ3) is 4.10. The molecule has 0 bridgehead atoms. The van der Waals surface area contributed by atoms with Gasteiger partial charge in [-0.3, -0.25) is 9.69 Å². The van der Waals surface area contributed by atoms with Gasteiger partial charge in [-0.1, -0.05) is 13.8 Å². The summed E-state index contributed by atoms with van der Waals surface area (Å²) in [6, 6.07) is 0.115. The summed E-state index contributed by atoms with van der Waals surface area (Å²) in [6.07, 6.45) is 0.753. The van der Waals surface area contributed by atoms with Crippen LogP contribution >= 0.6 is 0 Å². The molecule has 1 rings (SSSR count). The van der Waals surface area contributed by atoms with E-state index < -0.39 is 5.97 Å². The normalized spacial score (nSPS) is 21.6. The number of carbonyl (C=O) groups is 2. The number of hydrogen-bond donors (Lipinski definition) is 1. The first kappa shape index (κ1) is 16.8. The van der Waals surface area contributed by atoms with E-state index in [4.69, 9.17) is 5.11 Å². The van der Waals surface area contributed by atoms with Crippen LogP contribution in [0.2, 0.25) is 0 Å². The van der Waals surface area contributed by atoms with E-state index in [1.807, 2.05) is 13.8 Å². The van der Waals surface area contributed by atoms with Crippen LogP contribution in [0.25, 0.3) is 0 Å². The van der Waals surface area contributed by atoms with Gasteiger partial charge < -0.3 is 14.9 Å². The molecule has 116 valence electrons. The van der Waals surface area contributed by atoms with Crippen LogP contribution in [-0.2, 0) is 4.79 Å². The highest BCUT2D eigenvalue weighted by molar-refractivity contribution is 5.80. The quantitative estimate of drug-likeness (QED) is 0.827. The Labute approximate surface area is 121 Å². The maximum atomic E-state index is 12.5. The van der Waals surface area contributed by atoms with E-state index in [1.165, 1.54) is 4.90 Å². The first-order valence-corrected chi connectivity index (χ1v) is 7.42. The zero-order valence-electron chi connectivity index (χ0n) is 13.0. The minimum atomic E-state index is -0.959. The highest BCUT2D eigenvalue weighted by atomic mass is 16.4. The number of urea groups is 1. The third-order valence-electron chi connectivity index (χ3n) is 4.12. The Kier molecular flexibility index (Phi) is 6.26. The second kappa shape index (κ2) is 7.47. The number of carbonyl (C=O) groups excluding carboxylic acids is 1. The van der Waals surface area contributed by atoms with Crippen molar-refractivity contribution in [3.63, 3.8) is 0 Å². The predicted molar refractivity (Wildman–Crippen MR) is 77.8 cm³/mol. The van der Waals surface area contributed by atoms with Gasteiger partial charge in [0.2, 0.25) is 0 Å².